The molecule has 1 N–H and O–H groups in total. The lowest BCUT2D eigenvalue weighted by molar-refractivity contribution is -0.148. The zero-order valence-corrected chi connectivity index (χ0v) is 10.3. The summed E-state index contributed by atoms with van der Waals surface area (Å²) in [6.07, 6.45) is 6.35. The second-order valence-corrected chi connectivity index (χ2v) is 5.43. The van der Waals surface area contributed by atoms with Gasteiger partial charge in [0.1, 0.15) is 0 Å². The fraction of sp³-hybridized carbons (Fsp3) is 1.00. The van der Waals surface area contributed by atoms with Crippen LogP contribution in [0.4, 0.5) is 0 Å². The van der Waals surface area contributed by atoms with Crippen molar-refractivity contribution in [3.05, 3.63) is 0 Å². The molecule has 2 atom stereocenters. The molecule has 1 spiro atoms. The third-order valence-corrected chi connectivity index (χ3v) is 3.99. The highest BCUT2D eigenvalue weighted by Crippen LogP contribution is 2.38. The van der Waals surface area contributed by atoms with Gasteiger partial charge >= 0.3 is 0 Å². The summed E-state index contributed by atoms with van der Waals surface area (Å²) in [6, 6.07) is 0. The van der Waals surface area contributed by atoms with Gasteiger partial charge in [0.2, 0.25) is 0 Å². The Balaban J connectivity index is 1.83. The first-order valence-electron chi connectivity index (χ1n) is 6.60. The van der Waals surface area contributed by atoms with Crippen LogP contribution in [0.3, 0.4) is 0 Å². The predicted octanol–water partition coefficient (Wildman–Crippen LogP) is 2.12. The van der Waals surface area contributed by atoms with E-state index < -0.39 is 0 Å². The molecule has 0 saturated carbocycles. The van der Waals surface area contributed by atoms with Crippen LogP contribution in [-0.4, -0.2) is 36.6 Å². The zero-order valence-electron chi connectivity index (χ0n) is 10.3. The van der Waals surface area contributed by atoms with Gasteiger partial charge < -0.3 is 14.6 Å². The fourth-order valence-corrected chi connectivity index (χ4v) is 2.94. The van der Waals surface area contributed by atoms with E-state index in [1.165, 1.54) is 6.42 Å². The minimum atomic E-state index is -0.159. The normalized spacial score (nSPS) is 31.5. The smallest absolute Gasteiger partial charge is 0.0729 e. The second kappa shape index (κ2) is 5.48. The number of rotatable bonds is 3. The molecular weight excluding hydrogens is 204 g/mol. The summed E-state index contributed by atoms with van der Waals surface area (Å²) in [4.78, 5) is 0. The lowest BCUT2D eigenvalue weighted by atomic mass is 9.79. The Hall–Kier alpha value is -0.120. The summed E-state index contributed by atoms with van der Waals surface area (Å²) in [6.45, 7) is 4.47. The molecule has 2 saturated heterocycles. The molecule has 2 unspecified atom stereocenters. The van der Waals surface area contributed by atoms with Crippen LogP contribution >= 0.6 is 0 Å². The van der Waals surface area contributed by atoms with Crippen molar-refractivity contribution >= 4 is 0 Å². The van der Waals surface area contributed by atoms with Crippen molar-refractivity contribution in [3.63, 3.8) is 0 Å². The molecule has 16 heavy (non-hydrogen) atoms. The highest BCUT2D eigenvalue weighted by molar-refractivity contribution is 4.89. The number of ether oxygens (including phenoxy) is 2. The van der Waals surface area contributed by atoms with Gasteiger partial charge in [-0.1, -0.05) is 0 Å². The molecule has 2 heterocycles. The average Bonchev–Trinajstić information content (AvgIpc) is 2.28. The number of aliphatic hydroxyl groups excluding tert-OH is 1. The van der Waals surface area contributed by atoms with Gasteiger partial charge in [0.15, 0.2) is 0 Å². The van der Waals surface area contributed by atoms with E-state index in [0.29, 0.717) is 0 Å². The molecule has 0 bridgehead atoms. The molecule has 2 aliphatic rings. The molecule has 2 aliphatic heterocycles. The maximum absolute atomic E-state index is 9.33. The van der Waals surface area contributed by atoms with Crippen LogP contribution in [0.2, 0.25) is 0 Å². The quantitative estimate of drug-likeness (QED) is 0.804. The Labute approximate surface area is 98.1 Å². The summed E-state index contributed by atoms with van der Waals surface area (Å²) >= 11 is 0. The van der Waals surface area contributed by atoms with E-state index in [1.54, 1.807) is 0 Å². The molecule has 0 aromatic carbocycles. The van der Waals surface area contributed by atoms with E-state index in [4.69, 9.17) is 9.47 Å². The third kappa shape index (κ3) is 3.19. The van der Waals surface area contributed by atoms with Crippen molar-refractivity contribution < 1.29 is 14.6 Å². The predicted molar refractivity (Wildman–Crippen MR) is 62.4 cm³/mol. The molecule has 94 valence electrons. The van der Waals surface area contributed by atoms with Gasteiger partial charge in [0, 0.05) is 19.8 Å². The van der Waals surface area contributed by atoms with Gasteiger partial charge in [0.05, 0.1) is 11.7 Å². The third-order valence-electron chi connectivity index (χ3n) is 3.99. The van der Waals surface area contributed by atoms with E-state index in [-0.39, 0.29) is 11.7 Å². The first kappa shape index (κ1) is 12.3. The van der Waals surface area contributed by atoms with Crippen molar-refractivity contribution in [2.24, 2.45) is 5.92 Å². The molecule has 2 fully saturated rings. The largest absolute Gasteiger partial charge is 0.393 e. The number of hydrogen-bond acceptors (Lipinski definition) is 3. The van der Waals surface area contributed by atoms with Crippen molar-refractivity contribution in [2.45, 2.75) is 57.2 Å². The van der Waals surface area contributed by atoms with Gasteiger partial charge in [0.25, 0.3) is 0 Å². The Morgan fingerprint density at radius 3 is 2.75 bits per heavy atom. The molecule has 3 nitrogen and oxygen atoms in total. The Kier molecular flexibility index (Phi) is 4.22. The maximum Gasteiger partial charge on any atom is 0.0729 e. The molecule has 3 heteroatoms. The summed E-state index contributed by atoms with van der Waals surface area (Å²) in [7, 11) is 0. The van der Waals surface area contributed by atoms with Crippen LogP contribution in [0.25, 0.3) is 0 Å². The van der Waals surface area contributed by atoms with Gasteiger partial charge in [-0.3, -0.25) is 0 Å². The van der Waals surface area contributed by atoms with Crippen LogP contribution in [0.5, 0.6) is 0 Å². The van der Waals surface area contributed by atoms with Crippen molar-refractivity contribution in [2.75, 3.05) is 19.8 Å². The number of hydrogen-bond donors (Lipinski definition) is 1. The van der Waals surface area contributed by atoms with E-state index in [9.17, 15) is 5.11 Å². The second-order valence-electron chi connectivity index (χ2n) is 5.43. The SMILES string of the molecule is CC(O)CCC1CCOC2(CCOCC2)C1. The number of aliphatic hydroxyl groups is 1. The van der Waals surface area contributed by atoms with Crippen molar-refractivity contribution in [1.29, 1.82) is 0 Å². The standard InChI is InChI=1S/C13H24O3/c1-11(14)2-3-12-4-7-16-13(10-12)5-8-15-9-6-13/h11-12,14H,2-10H2,1H3. The van der Waals surface area contributed by atoms with Crippen LogP contribution < -0.4 is 0 Å². The highest BCUT2D eigenvalue weighted by atomic mass is 16.5. The average molecular weight is 228 g/mol. The van der Waals surface area contributed by atoms with E-state index in [2.05, 4.69) is 0 Å². The summed E-state index contributed by atoms with van der Waals surface area (Å²) < 4.78 is 11.4. The fourth-order valence-electron chi connectivity index (χ4n) is 2.94. The Morgan fingerprint density at radius 2 is 2.06 bits per heavy atom. The molecule has 0 aromatic rings. The minimum Gasteiger partial charge on any atom is -0.393 e. The lowest BCUT2D eigenvalue weighted by Crippen LogP contribution is -2.44. The first-order valence-corrected chi connectivity index (χ1v) is 6.60. The van der Waals surface area contributed by atoms with Gasteiger partial charge in [-0.15, -0.1) is 0 Å². The zero-order chi connectivity index (χ0) is 11.4. The van der Waals surface area contributed by atoms with Crippen LogP contribution in [0.15, 0.2) is 0 Å². The molecule has 0 amide bonds. The van der Waals surface area contributed by atoms with Crippen LogP contribution in [-0.2, 0) is 9.47 Å². The molecule has 2 rings (SSSR count). The van der Waals surface area contributed by atoms with Gasteiger partial charge in [-0.25, -0.2) is 0 Å². The summed E-state index contributed by atoms with van der Waals surface area (Å²) in [5.74, 6) is 0.737. The first-order chi connectivity index (χ1) is 7.70. The molecular formula is C13H24O3. The van der Waals surface area contributed by atoms with Crippen molar-refractivity contribution in [1.82, 2.24) is 0 Å². The Morgan fingerprint density at radius 1 is 1.31 bits per heavy atom. The monoisotopic (exact) mass is 228 g/mol. The van der Waals surface area contributed by atoms with E-state index in [1.807, 2.05) is 6.92 Å². The summed E-state index contributed by atoms with van der Waals surface area (Å²) in [5, 5.41) is 9.33. The topological polar surface area (TPSA) is 38.7 Å². The van der Waals surface area contributed by atoms with Gasteiger partial charge in [-0.2, -0.15) is 0 Å². The molecule has 0 aromatic heterocycles. The maximum atomic E-state index is 9.33. The van der Waals surface area contributed by atoms with Crippen molar-refractivity contribution in [3.8, 4) is 0 Å². The van der Waals surface area contributed by atoms with E-state index in [0.717, 1.165) is 57.8 Å². The van der Waals surface area contributed by atoms with Crippen LogP contribution in [0.1, 0.15) is 45.4 Å². The van der Waals surface area contributed by atoms with Gasteiger partial charge in [-0.05, 0) is 51.4 Å². The lowest BCUT2D eigenvalue weighted by Gasteiger charge is -2.43. The molecule has 0 radical (unpaired) electrons. The van der Waals surface area contributed by atoms with Crippen LogP contribution in [0, 0.1) is 5.92 Å². The summed E-state index contributed by atoms with van der Waals surface area (Å²) in [5.41, 5.74) is 0.111. The minimum absolute atomic E-state index is 0.111. The molecule has 0 aliphatic carbocycles. The Bertz CT molecular complexity index is 204. The highest BCUT2D eigenvalue weighted by Gasteiger charge is 2.38. The van der Waals surface area contributed by atoms with E-state index >= 15 is 0 Å².